The zero-order valence-electron chi connectivity index (χ0n) is 16.4. The van der Waals surface area contributed by atoms with Crippen LogP contribution < -0.4 is 9.47 Å². The summed E-state index contributed by atoms with van der Waals surface area (Å²) in [6, 6.07) is 8.27. The molecule has 0 unspecified atom stereocenters. The predicted octanol–water partition coefficient (Wildman–Crippen LogP) is 3.61. The molecular weight excluding hydrogens is 377 g/mol. The van der Waals surface area contributed by atoms with Crippen molar-refractivity contribution in [1.82, 2.24) is 4.90 Å². The van der Waals surface area contributed by atoms with E-state index in [9.17, 15) is 19.4 Å². The van der Waals surface area contributed by atoms with Crippen molar-refractivity contribution in [2.45, 2.75) is 19.3 Å². The highest BCUT2D eigenvalue weighted by Crippen LogP contribution is 2.31. The van der Waals surface area contributed by atoms with Gasteiger partial charge >= 0.3 is 0 Å². The molecular formula is C22H26FNO5. The zero-order chi connectivity index (χ0) is 20.8. The molecule has 156 valence electrons. The number of halogens is 1. The summed E-state index contributed by atoms with van der Waals surface area (Å²) in [7, 11) is 1.53. The molecule has 7 heteroatoms. The van der Waals surface area contributed by atoms with Crippen molar-refractivity contribution >= 4 is 5.78 Å². The number of Topliss-reactive ketones (excluding diaryl/α,β-unsaturated/α-hetero) is 1. The van der Waals surface area contributed by atoms with Gasteiger partial charge in [0.1, 0.15) is 17.3 Å². The number of likely N-dealkylation sites (tertiary alicyclic amines) is 1. The van der Waals surface area contributed by atoms with Crippen LogP contribution in [0.25, 0.3) is 0 Å². The van der Waals surface area contributed by atoms with Crippen LogP contribution in [0.15, 0.2) is 36.4 Å². The van der Waals surface area contributed by atoms with Gasteiger partial charge in [0.15, 0.2) is 17.3 Å². The molecule has 1 aliphatic heterocycles. The van der Waals surface area contributed by atoms with Crippen LogP contribution in [-0.4, -0.2) is 54.2 Å². The van der Waals surface area contributed by atoms with E-state index in [-0.39, 0.29) is 28.8 Å². The first kappa shape index (κ1) is 20.9. The number of hydrogen-bond donors (Lipinski definition) is 2. The van der Waals surface area contributed by atoms with Crippen LogP contribution in [0.4, 0.5) is 4.39 Å². The molecule has 3 rings (SSSR count). The van der Waals surface area contributed by atoms with Crippen LogP contribution in [0.1, 0.15) is 29.6 Å². The van der Waals surface area contributed by atoms with Gasteiger partial charge in [-0.2, -0.15) is 0 Å². The summed E-state index contributed by atoms with van der Waals surface area (Å²) in [6.45, 7) is 2.95. The minimum Gasteiger partial charge on any atom is -0.508 e. The standard InChI is InChI=1S/C22H26FNO5/c1-28-21-14-17(25)4-6-20(21)29-12-2-9-24-10-7-15(8-11-24)22(27)18-5-3-16(23)13-19(18)26/h3-6,13-15,25-26H,2,7-12H2,1H3. The second-order valence-corrected chi connectivity index (χ2v) is 7.18. The highest BCUT2D eigenvalue weighted by molar-refractivity contribution is 6.00. The molecule has 1 fully saturated rings. The fourth-order valence-electron chi connectivity index (χ4n) is 3.60. The number of nitrogens with zero attached hydrogens (tertiary/aromatic N) is 1. The molecule has 0 saturated carbocycles. The second-order valence-electron chi connectivity index (χ2n) is 7.18. The largest absolute Gasteiger partial charge is 0.508 e. The number of hydrogen-bond acceptors (Lipinski definition) is 6. The van der Waals surface area contributed by atoms with Gasteiger partial charge in [-0.15, -0.1) is 0 Å². The average Bonchev–Trinajstić information content (AvgIpc) is 2.72. The molecule has 0 amide bonds. The van der Waals surface area contributed by atoms with E-state index in [1.54, 1.807) is 12.1 Å². The molecule has 2 N–H and O–H groups in total. The Labute approximate surface area is 169 Å². The third-order valence-electron chi connectivity index (χ3n) is 5.21. The fraction of sp³-hybridized carbons (Fsp3) is 0.409. The van der Waals surface area contributed by atoms with E-state index in [1.807, 2.05) is 0 Å². The minimum atomic E-state index is -0.555. The third-order valence-corrected chi connectivity index (χ3v) is 5.21. The number of benzene rings is 2. The molecule has 1 heterocycles. The summed E-state index contributed by atoms with van der Waals surface area (Å²) >= 11 is 0. The Balaban J connectivity index is 1.41. The molecule has 6 nitrogen and oxygen atoms in total. The first-order valence-electron chi connectivity index (χ1n) is 9.73. The lowest BCUT2D eigenvalue weighted by Crippen LogP contribution is -2.37. The van der Waals surface area contributed by atoms with Crippen LogP contribution in [0.2, 0.25) is 0 Å². The second kappa shape index (κ2) is 9.60. The lowest BCUT2D eigenvalue weighted by Gasteiger charge is -2.31. The van der Waals surface area contributed by atoms with Crippen molar-refractivity contribution in [2.24, 2.45) is 5.92 Å². The van der Waals surface area contributed by atoms with E-state index in [2.05, 4.69) is 4.90 Å². The Hall–Kier alpha value is -2.80. The highest BCUT2D eigenvalue weighted by atomic mass is 19.1. The van der Waals surface area contributed by atoms with E-state index in [4.69, 9.17) is 9.47 Å². The number of piperidine rings is 1. The molecule has 2 aromatic carbocycles. The van der Waals surface area contributed by atoms with Crippen molar-refractivity contribution < 1.29 is 28.9 Å². The molecule has 0 bridgehead atoms. The molecule has 0 aliphatic carbocycles. The zero-order valence-corrected chi connectivity index (χ0v) is 16.4. The van der Waals surface area contributed by atoms with Gasteiger partial charge in [-0.25, -0.2) is 4.39 Å². The van der Waals surface area contributed by atoms with E-state index in [0.29, 0.717) is 30.9 Å². The van der Waals surface area contributed by atoms with Gasteiger partial charge in [-0.05, 0) is 56.6 Å². The monoisotopic (exact) mass is 403 g/mol. The maximum atomic E-state index is 13.1. The number of carbonyl (C=O) groups excluding carboxylic acids is 1. The highest BCUT2D eigenvalue weighted by Gasteiger charge is 2.27. The summed E-state index contributed by atoms with van der Waals surface area (Å²) < 4.78 is 24.0. The summed E-state index contributed by atoms with van der Waals surface area (Å²) in [5.41, 5.74) is 0.195. The van der Waals surface area contributed by atoms with Crippen LogP contribution in [0.3, 0.4) is 0 Å². The number of phenolic OH excluding ortho intramolecular Hbond substituents is 2. The number of aromatic hydroxyl groups is 2. The van der Waals surface area contributed by atoms with Crippen LogP contribution in [0, 0.1) is 11.7 Å². The van der Waals surface area contributed by atoms with Gasteiger partial charge in [0, 0.05) is 24.6 Å². The summed E-state index contributed by atoms with van der Waals surface area (Å²) in [5.74, 6) is 0.0907. The van der Waals surface area contributed by atoms with Gasteiger partial charge in [0.05, 0.1) is 19.3 Å². The molecule has 1 aliphatic rings. The number of phenols is 2. The van der Waals surface area contributed by atoms with Crippen molar-refractivity contribution in [2.75, 3.05) is 33.4 Å². The van der Waals surface area contributed by atoms with Crippen molar-refractivity contribution in [3.63, 3.8) is 0 Å². The molecule has 0 spiro atoms. The normalized spacial score (nSPS) is 15.2. The quantitative estimate of drug-likeness (QED) is 0.518. The molecule has 0 radical (unpaired) electrons. The number of rotatable bonds is 8. The first-order chi connectivity index (χ1) is 14.0. The summed E-state index contributed by atoms with van der Waals surface area (Å²) in [5, 5.41) is 19.3. The van der Waals surface area contributed by atoms with Crippen molar-refractivity contribution in [1.29, 1.82) is 0 Å². The van der Waals surface area contributed by atoms with Gasteiger partial charge in [-0.3, -0.25) is 4.79 Å². The Morgan fingerprint density at radius 3 is 2.59 bits per heavy atom. The van der Waals surface area contributed by atoms with Crippen molar-refractivity contribution in [3.05, 3.63) is 47.8 Å². The van der Waals surface area contributed by atoms with E-state index in [0.717, 1.165) is 32.1 Å². The van der Waals surface area contributed by atoms with E-state index >= 15 is 0 Å². The van der Waals surface area contributed by atoms with Gasteiger partial charge < -0.3 is 24.6 Å². The Morgan fingerprint density at radius 1 is 1.14 bits per heavy atom. The SMILES string of the molecule is COc1cc(O)ccc1OCCCN1CCC(C(=O)c2ccc(F)cc2O)CC1. The number of carbonyl (C=O) groups is 1. The summed E-state index contributed by atoms with van der Waals surface area (Å²) in [6.07, 6.45) is 2.24. The number of methoxy groups -OCH3 is 1. The van der Waals surface area contributed by atoms with Crippen LogP contribution in [-0.2, 0) is 0 Å². The molecule has 2 aromatic rings. The predicted molar refractivity (Wildman–Crippen MR) is 106 cm³/mol. The van der Waals surface area contributed by atoms with Gasteiger partial charge in [-0.1, -0.05) is 0 Å². The maximum Gasteiger partial charge on any atom is 0.169 e. The smallest absolute Gasteiger partial charge is 0.169 e. The van der Waals surface area contributed by atoms with Crippen LogP contribution in [0.5, 0.6) is 23.0 Å². The molecule has 1 saturated heterocycles. The third kappa shape index (κ3) is 5.38. The number of ether oxygens (including phenoxy) is 2. The topological polar surface area (TPSA) is 79.2 Å². The summed E-state index contributed by atoms with van der Waals surface area (Å²) in [4.78, 5) is 14.9. The van der Waals surface area contributed by atoms with Gasteiger partial charge in [0.25, 0.3) is 0 Å². The molecule has 29 heavy (non-hydrogen) atoms. The lowest BCUT2D eigenvalue weighted by atomic mass is 9.88. The van der Waals surface area contributed by atoms with Gasteiger partial charge in [0.2, 0.25) is 0 Å². The average molecular weight is 403 g/mol. The Morgan fingerprint density at radius 2 is 1.90 bits per heavy atom. The molecule has 0 aromatic heterocycles. The minimum absolute atomic E-state index is 0.120. The van der Waals surface area contributed by atoms with E-state index in [1.165, 1.54) is 25.3 Å². The Bertz CT molecular complexity index is 849. The lowest BCUT2D eigenvalue weighted by molar-refractivity contribution is 0.0832. The van der Waals surface area contributed by atoms with Crippen molar-refractivity contribution in [3.8, 4) is 23.0 Å². The fourth-order valence-corrected chi connectivity index (χ4v) is 3.60. The van der Waals surface area contributed by atoms with Crippen LogP contribution >= 0.6 is 0 Å². The Kier molecular flexibility index (Phi) is 6.93. The van der Waals surface area contributed by atoms with E-state index < -0.39 is 5.82 Å². The maximum absolute atomic E-state index is 13.1. The molecule has 0 atom stereocenters. The number of ketones is 1. The first-order valence-corrected chi connectivity index (χ1v) is 9.73.